The van der Waals surface area contributed by atoms with Gasteiger partial charge in [0.2, 0.25) is 0 Å². The quantitative estimate of drug-likeness (QED) is 0.0295. The van der Waals surface area contributed by atoms with Crippen molar-refractivity contribution in [3.63, 3.8) is 0 Å². The van der Waals surface area contributed by atoms with E-state index in [1.165, 1.54) is 153 Å². The minimum absolute atomic E-state index is 0.307. The molecule has 0 fully saturated rings. The van der Waals surface area contributed by atoms with Crippen LogP contribution >= 0.6 is 0 Å². The molecule has 0 saturated carbocycles. The van der Waals surface area contributed by atoms with Crippen molar-refractivity contribution in [3.05, 3.63) is 0 Å². The lowest BCUT2D eigenvalue weighted by molar-refractivity contribution is -0.138. The zero-order valence-corrected chi connectivity index (χ0v) is 73.6. The van der Waals surface area contributed by atoms with E-state index in [2.05, 4.69) is 144 Å². The summed E-state index contributed by atoms with van der Waals surface area (Å²) in [5, 5.41) is 25.9. The topological polar surface area (TPSA) is 203 Å². The standard InChI is InChI=1S/C28H60O6Si3.C20H48O5Si4.C18H42O4Si3/c1-35(2,25-21-17-13-9-7-11-15-19-23-28(30)31)33-37(5,6)34-36(3,4)26-22-18-14-10-8-12-16-20-24-32-27-29;1-26(2,3)23-28(7,8)25-29(9,24-27(4,5)6)19-17-15-13-11-10-12-14-16-18-20(21)22;1-23(2,3)21-25(6,7)22-24(4,5)17-15-13-11-9-8-10-12-14-16-18(19)20/h27H,7-26H2,1-6H3,(H,30,31);10-19H2,1-9H3,(H,21,22);8-17H2,1-7H3,(H,19,20). The van der Waals surface area contributed by atoms with Crippen molar-refractivity contribution in [3.8, 4) is 0 Å². The third kappa shape index (κ3) is 72.3. The Morgan fingerprint density at radius 2 is 0.473 bits per heavy atom. The maximum atomic E-state index is 10.5. The van der Waals surface area contributed by atoms with Crippen molar-refractivity contribution in [2.24, 2.45) is 0 Å². The number of carboxylic acid groups (broad SMARTS) is 3. The summed E-state index contributed by atoms with van der Waals surface area (Å²) >= 11 is 0. The number of aliphatic carboxylic acids is 3. The summed E-state index contributed by atoms with van der Waals surface area (Å²) in [5.41, 5.74) is 0. The van der Waals surface area contributed by atoms with Crippen LogP contribution in [0.2, 0.25) is 168 Å². The summed E-state index contributed by atoms with van der Waals surface area (Å²) in [4.78, 5) is 41.6. The molecule has 544 valence electrons. The molecule has 15 nitrogen and oxygen atoms in total. The zero-order valence-electron chi connectivity index (χ0n) is 63.6. The van der Waals surface area contributed by atoms with E-state index in [4.69, 9.17) is 48.9 Å². The Balaban J connectivity index is -0.00000130. The average molecular weight is 1460 g/mol. The van der Waals surface area contributed by atoms with Gasteiger partial charge in [0.05, 0.1) is 6.61 Å². The smallest absolute Gasteiger partial charge is 0.315 e. The molecule has 0 aliphatic carbocycles. The van der Waals surface area contributed by atoms with Gasteiger partial charge in [-0.15, -0.1) is 0 Å². The summed E-state index contributed by atoms with van der Waals surface area (Å²) in [6.45, 7) is 50.8. The largest absolute Gasteiger partial charge is 0.481 e. The van der Waals surface area contributed by atoms with Crippen LogP contribution < -0.4 is 0 Å². The molecule has 0 aromatic heterocycles. The number of hydrogen-bond acceptors (Lipinski definition) is 12. The summed E-state index contributed by atoms with van der Waals surface area (Å²) in [7, 11) is -18.5. The van der Waals surface area contributed by atoms with Crippen molar-refractivity contribution < 1.29 is 68.0 Å². The van der Waals surface area contributed by atoms with Crippen LogP contribution in [-0.4, -0.2) is 130 Å². The van der Waals surface area contributed by atoms with E-state index in [1.807, 2.05) is 0 Å². The first-order valence-electron chi connectivity index (χ1n) is 36.4. The van der Waals surface area contributed by atoms with Gasteiger partial charge in [-0.2, -0.15) is 0 Å². The molecule has 0 heterocycles. The monoisotopic (exact) mass is 1460 g/mol. The number of carboxylic acids is 3. The van der Waals surface area contributed by atoms with Crippen molar-refractivity contribution >= 4 is 109 Å². The van der Waals surface area contributed by atoms with Gasteiger partial charge >= 0.3 is 52.2 Å². The van der Waals surface area contributed by atoms with Gasteiger partial charge in [0.15, 0.2) is 49.9 Å². The van der Waals surface area contributed by atoms with Crippen molar-refractivity contribution in [1.82, 2.24) is 0 Å². The van der Waals surface area contributed by atoms with Gasteiger partial charge in [0.25, 0.3) is 6.47 Å². The Morgan fingerprint density at radius 1 is 0.264 bits per heavy atom. The Bertz CT molecular complexity index is 1840. The molecule has 25 heteroatoms. The number of hydrogen-bond donors (Lipinski definition) is 3. The molecule has 0 radical (unpaired) electrons. The minimum Gasteiger partial charge on any atom is -0.481 e. The first-order chi connectivity index (χ1) is 41.8. The first kappa shape index (κ1) is 95.0. The molecule has 0 aromatic rings. The van der Waals surface area contributed by atoms with Crippen LogP contribution in [0.25, 0.3) is 0 Å². The van der Waals surface area contributed by atoms with E-state index in [1.54, 1.807) is 0 Å². The van der Waals surface area contributed by atoms with Gasteiger partial charge in [-0.25, -0.2) is 0 Å². The van der Waals surface area contributed by atoms with Gasteiger partial charge in [-0.1, -0.05) is 180 Å². The molecule has 3 N–H and O–H groups in total. The lowest BCUT2D eigenvalue weighted by Crippen LogP contribution is -2.56. The molecule has 91 heavy (non-hydrogen) atoms. The molecule has 0 amide bonds. The maximum Gasteiger partial charge on any atom is 0.315 e. The molecule has 1 unspecified atom stereocenters. The fourth-order valence-corrected chi connectivity index (χ4v) is 57.9. The highest BCUT2D eigenvalue weighted by atomic mass is 28.5. The normalized spacial score (nSPS) is 13.6. The van der Waals surface area contributed by atoms with Crippen LogP contribution in [-0.2, 0) is 52.7 Å². The predicted octanol–water partition coefficient (Wildman–Crippen LogP) is 22.5. The number of carbonyl (C=O) groups is 4. The average Bonchev–Trinajstić information content (AvgIpc) is 0.927. The molecule has 0 bridgehead atoms. The van der Waals surface area contributed by atoms with Crippen LogP contribution in [0.4, 0.5) is 0 Å². The number of ether oxygens (including phenoxy) is 1. The number of unbranched alkanes of at least 4 members (excludes halogenated alkanes) is 28. The third-order valence-corrected chi connectivity index (χ3v) is 50.3. The van der Waals surface area contributed by atoms with Gasteiger partial charge in [0, 0.05) is 19.3 Å². The fraction of sp³-hybridized carbons (Fsp3) is 0.939. The van der Waals surface area contributed by atoms with Crippen molar-refractivity contribution in [1.29, 1.82) is 0 Å². The molecule has 0 saturated heterocycles. The van der Waals surface area contributed by atoms with E-state index >= 15 is 0 Å². The molecular weight excluding hydrogens is 1310 g/mol. The summed E-state index contributed by atoms with van der Waals surface area (Å²) < 4.78 is 50.9. The highest BCUT2D eigenvalue weighted by molar-refractivity contribution is 6.90. The molecule has 0 aromatic carbocycles. The molecule has 0 rings (SSSR count). The van der Waals surface area contributed by atoms with E-state index < -0.39 is 102 Å². The second kappa shape index (κ2) is 51.0. The van der Waals surface area contributed by atoms with E-state index in [-0.39, 0.29) is 0 Å². The van der Waals surface area contributed by atoms with Crippen molar-refractivity contribution in [2.75, 3.05) is 6.61 Å². The van der Waals surface area contributed by atoms with Crippen LogP contribution in [0.1, 0.15) is 225 Å². The minimum atomic E-state index is -2.25. The van der Waals surface area contributed by atoms with Crippen LogP contribution in [0.3, 0.4) is 0 Å². The number of rotatable bonds is 59. The zero-order chi connectivity index (χ0) is 70.4. The lowest BCUT2D eigenvalue weighted by Gasteiger charge is -2.41. The van der Waals surface area contributed by atoms with E-state index in [0.29, 0.717) is 32.3 Å². The highest BCUT2D eigenvalue weighted by Crippen LogP contribution is 2.31. The van der Waals surface area contributed by atoms with Crippen molar-refractivity contribution in [2.45, 2.75) is 393 Å². The SMILES string of the molecule is C[Si](C)(C)O[Si](C)(C)O[Si](C)(C)CCCCCCCCCCC(=O)O.C[Si](C)(C)O[Si](C)(C)O[Si](C)(CCCCCCCCCCC(=O)O)O[Si](C)(C)C.C[Si](C)(CCCCCCCCCCOC=O)O[Si](C)(C)O[Si](C)(C)CCCCCCCCCCC(=O)O. The Hall–Kier alpha value is -0.231. The van der Waals surface area contributed by atoms with Crippen LogP contribution in [0, 0.1) is 0 Å². The number of carbonyl (C=O) groups excluding carboxylic acids is 1. The van der Waals surface area contributed by atoms with Gasteiger partial charge in [0.1, 0.15) is 0 Å². The molecule has 1 atom stereocenters. The second-order valence-electron chi connectivity index (χ2n) is 32.4. The summed E-state index contributed by atoms with van der Waals surface area (Å²) in [5.74, 6) is -2.03. The fourth-order valence-electron chi connectivity index (χ4n) is 12.4. The van der Waals surface area contributed by atoms with Gasteiger partial charge < -0.3 is 48.9 Å². The molecular formula is C66H150O15Si10. The maximum absolute atomic E-state index is 10.5. The third-order valence-electron chi connectivity index (χ3n) is 15.1. The highest BCUT2D eigenvalue weighted by Gasteiger charge is 2.44. The Morgan fingerprint density at radius 3 is 0.714 bits per heavy atom. The van der Waals surface area contributed by atoms with E-state index in [0.717, 1.165) is 76.7 Å². The van der Waals surface area contributed by atoms with Crippen LogP contribution in [0.5, 0.6) is 0 Å². The Kier molecular flexibility index (Phi) is 53.2. The second-order valence-corrected chi connectivity index (χ2v) is 74.0. The Labute approximate surface area is 572 Å². The van der Waals surface area contributed by atoms with Gasteiger partial charge in [-0.05, 0) is 194 Å². The van der Waals surface area contributed by atoms with Gasteiger partial charge in [-0.3, -0.25) is 19.2 Å². The molecule has 0 aliphatic rings. The molecule has 0 spiro atoms. The lowest BCUT2D eigenvalue weighted by atomic mass is 10.1. The predicted molar refractivity (Wildman–Crippen MR) is 410 cm³/mol. The van der Waals surface area contributed by atoms with E-state index in [9.17, 15) is 19.2 Å². The van der Waals surface area contributed by atoms with Crippen LogP contribution in [0.15, 0.2) is 0 Å². The summed E-state index contributed by atoms with van der Waals surface area (Å²) in [6, 6.07) is 4.68. The molecule has 0 aliphatic heterocycles. The first-order valence-corrected chi connectivity index (χ1v) is 66.9. The summed E-state index contributed by atoms with van der Waals surface area (Å²) in [6.07, 6.45) is 38.5.